The van der Waals surface area contributed by atoms with E-state index in [1.54, 1.807) is 13.8 Å². The Morgan fingerprint density at radius 1 is 1.05 bits per heavy atom. The Morgan fingerprint density at radius 3 is 2.23 bits per heavy atom. The number of rotatable bonds is 5. The van der Waals surface area contributed by atoms with E-state index in [0.717, 1.165) is 5.57 Å². The lowest BCUT2D eigenvalue weighted by Crippen LogP contribution is -2.65. The number of carbonyl (C=O) groups is 4. The maximum Gasteiger partial charge on any atom is 0.303 e. The largest absolute Gasteiger partial charge is 0.456 e. The molecule has 3 N–H and O–H groups in total. The summed E-state index contributed by atoms with van der Waals surface area (Å²) in [6, 6.07) is 0. The number of allylic oxidation sites excluding steroid dienone is 2. The molecular formula is C32H46O8. The number of ether oxygens (including phenoxy) is 1. The number of ketones is 3. The number of carbonyl (C=O) groups excluding carboxylic acids is 4. The highest BCUT2D eigenvalue weighted by atomic mass is 16.6. The number of esters is 1. The second kappa shape index (κ2) is 9.17. The highest BCUT2D eigenvalue weighted by Crippen LogP contribution is 2.74. The number of aliphatic hydroxyl groups excluding tert-OH is 2. The zero-order valence-electron chi connectivity index (χ0n) is 25.3. The molecule has 8 heteroatoms. The minimum absolute atomic E-state index is 0.0284. The van der Waals surface area contributed by atoms with Gasteiger partial charge in [-0.1, -0.05) is 32.4 Å². The first-order valence-electron chi connectivity index (χ1n) is 14.4. The van der Waals surface area contributed by atoms with Crippen LogP contribution < -0.4 is 0 Å². The third-order valence-corrected chi connectivity index (χ3v) is 11.5. The van der Waals surface area contributed by atoms with Crippen molar-refractivity contribution >= 4 is 23.3 Å². The van der Waals surface area contributed by atoms with Gasteiger partial charge in [0.05, 0.1) is 6.10 Å². The van der Waals surface area contributed by atoms with Crippen LogP contribution in [0.5, 0.6) is 0 Å². The molecule has 4 rings (SSSR count). The highest BCUT2D eigenvalue weighted by molar-refractivity contribution is 5.98. The Labute approximate surface area is 237 Å². The molecule has 0 aromatic rings. The van der Waals surface area contributed by atoms with E-state index in [-0.39, 0.29) is 36.2 Å². The summed E-state index contributed by atoms with van der Waals surface area (Å²) in [4.78, 5) is 52.1. The molecule has 3 saturated carbocycles. The summed E-state index contributed by atoms with van der Waals surface area (Å²) in [6.07, 6.45) is 3.55. The van der Waals surface area contributed by atoms with Crippen LogP contribution in [0.4, 0.5) is 0 Å². The van der Waals surface area contributed by atoms with E-state index < -0.39 is 62.7 Å². The minimum Gasteiger partial charge on any atom is -0.456 e. The molecule has 4 aliphatic carbocycles. The molecule has 40 heavy (non-hydrogen) atoms. The lowest BCUT2D eigenvalue weighted by molar-refractivity contribution is -0.183. The van der Waals surface area contributed by atoms with Gasteiger partial charge in [0, 0.05) is 30.1 Å². The van der Waals surface area contributed by atoms with Crippen molar-refractivity contribution in [3.8, 4) is 0 Å². The van der Waals surface area contributed by atoms with Crippen molar-refractivity contribution in [1.29, 1.82) is 0 Å². The number of hydrogen-bond acceptors (Lipinski definition) is 8. The molecule has 0 aromatic carbocycles. The summed E-state index contributed by atoms with van der Waals surface area (Å²) in [5.74, 6) is -2.85. The molecule has 0 aliphatic heterocycles. The highest BCUT2D eigenvalue weighted by Gasteiger charge is 2.74. The van der Waals surface area contributed by atoms with E-state index in [1.807, 2.05) is 27.7 Å². The van der Waals surface area contributed by atoms with Crippen molar-refractivity contribution < 1.29 is 39.2 Å². The van der Waals surface area contributed by atoms with Gasteiger partial charge in [-0.25, -0.2) is 0 Å². The predicted octanol–water partition coefficient (Wildman–Crippen LogP) is 3.50. The smallest absolute Gasteiger partial charge is 0.303 e. The van der Waals surface area contributed by atoms with Crippen LogP contribution in [0.25, 0.3) is 0 Å². The first kappa shape index (κ1) is 30.8. The van der Waals surface area contributed by atoms with Gasteiger partial charge < -0.3 is 20.1 Å². The molecule has 222 valence electrons. The van der Waals surface area contributed by atoms with Gasteiger partial charge in [0.15, 0.2) is 11.6 Å². The second-order valence-electron chi connectivity index (χ2n) is 14.8. The number of hydrogen-bond donors (Lipinski definition) is 3. The lowest BCUT2D eigenvalue weighted by atomic mass is 9.38. The zero-order valence-corrected chi connectivity index (χ0v) is 25.3. The quantitative estimate of drug-likeness (QED) is 0.265. The monoisotopic (exact) mass is 558 g/mol. The average Bonchev–Trinajstić information content (AvgIpc) is 3.01. The molecule has 0 saturated heterocycles. The lowest BCUT2D eigenvalue weighted by Gasteiger charge is -2.64. The molecule has 4 aliphatic rings. The minimum atomic E-state index is -1.99. The zero-order chi connectivity index (χ0) is 30.4. The van der Waals surface area contributed by atoms with E-state index in [4.69, 9.17) is 4.74 Å². The molecule has 0 amide bonds. The number of aliphatic hydroxyl groups is 3. The van der Waals surface area contributed by atoms with Gasteiger partial charge in [-0.15, -0.1) is 0 Å². The van der Waals surface area contributed by atoms with Crippen LogP contribution in [0.2, 0.25) is 0 Å². The normalized spacial score (nSPS) is 42.4. The Kier molecular flexibility index (Phi) is 7.06. The molecule has 4 unspecified atom stereocenters. The maximum absolute atomic E-state index is 14.3. The van der Waals surface area contributed by atoms with Crippen molar-refractivity contribution in [3.63, 3.8) is 0 Å². The van der Waals surface area contributed by atoms with Crippen LogP contribution in [0.1, 0.15) is 88.0 Å². The summed E-state index contributed by atoms with van der Waals surface area (Å²) in [7, 11) is 0. The first-order valence-corrected chi connectivity index (χ1v) is 14.4. The maximum atomic E-state index is 14.3. The van der Waals surface area contributed by atoms with Crippen molar-refractivity contribution in [1.82, 2.24) is 0 Å². The summed E-state index contributed by atoms with van der Waals surface area (Å²) in [5, 5.41) is 34.0. The molecule has 0 bridgehead atoms. The van der Waals surface area contributed by atoms with Crippen LogP contribution in [0.15, 0.2) is 23.8 Å². The standard InChI is InChI=1S/C32H46O8/c1-17(33)40-27(2,3)13-12-23(36)32(9,39)25-21(35)15-29(6)22-11-10-18-19(14-20(34)26(38)28(18,4)5)31(22,8)24(37)16-30(25,29)7/h10,12-13,19-22,25,34-35,39H,11,14-16H2,1-9H3/b13-12+/t19?,20-,21?,22-,25?,29?,30+,31-,32-/m0/s1. The molecule has 3 fully saturated rings. The van der Waals surface area contributed by atoms with E-state index in [1.165, 1.54) is 26.0 Å². The van der Waals surface area contributed by atoms with Crippen molar-refractivity contribution in [2.24, 2.45) is 39.4 Å². The fraction of sp³-hybridized carbons (Fsp3) is 0.750. The number of fused-ring (bicyclic) bond motifs is 5. The Balaban J connectivity index is 1.75. The van der Waals surface area contributed by atoms with E-state index in [2.05, 4.69) is 13.0 Å². The van der Waals surface area contributed by atoms with Crippen molar-refractivity contribution in [2.75, 3.05) is 0 Å². The van der Waals surface area contributed by atoms with Crippen LogP contribution in [0.3, 0.4) is 0 Å². The van der Waals surface area contributed by atoms with E-state index in [0.29, 0.717) is 12.8 Å². The van der Waals surface area contributed by atoms with Gasteiger partial charge in [-0.2, -0.15) is 0 Å². The van der Waals surface area contributed by atoms with Gasteiger partial charge in [0.1, 0.15) is 23.1 Å². The van der Waals surface area contributed by atoms with Crippen molar-refractivity contribution in [2.45, 2.75) is 111 Å². The predicted molar refractivity (Wildman–Crippen MR) is 148 cm³/mol. The molecule has 8 nitrogen and oxygen atoms in total. The van der Waals surface area contributed by atoms with Crippen molar-refractivity contribution in [3.05, 3.63) is 23.8 Å². The summed E-state index contributed by atoms with van der Waals surface area (Å²) < 4.78 is 5.23. The Morgan fingerprint density at radius 2 is 1.65 bits per heavy atom. The molecule has 9 atom stereocenters. The van der Waals surface area contributed by atoms with Crippen LogP contribution in [0, 0.1) is 39.4 Å². The number of Topliss-reactive ketones (excluding diaryl/α,β-unsaturated/α-hetero) is 2. The third kappa shape index (κ3) is 4.11. The summed E-state index contributed by atoms with van der Waals surface area (Å²) >= 11 is 0. The summed E-state index contributed by atoms with van der Waals surface area (Å²) in [5.41, 5.74) is -5.43. The van der Waals surface area contributed by atoms with E-state index in [9.17, 15) is 34.5 Å². The van der Waals surface area contributed by atoms with E-state index >= 15 is 0 Å². The molecule has 0 radical (unpaired) electrons. The fourth-order valence-electron chi connectivity index (χ4n) is 9.40. The summed E-state index contributed by atoms with van der Waals surface area (Å²) in [6.45, 7) is 15.4. The van der Waals surface area contributed by atoms with Gasteiger partial charge >= 0.3 is 5.97 Å². The molecule has 0 spiro atoms. The second-order valence-corrected chi connectivity index (χ2v) is 14.8. The topological polar surface area (TPSA) is 138 Å². The van der Waals surface area contributed by atoms with Gasteiger partial charge in [-0.05, 0) is 88.7 Å². The SMILES string of the molecule is CC(=O)OC(C)(C)/C=C/C(=O)[C@](C)(O)C1C(O)CC2(C)[C@@H]3CC=C4C(C[C@H](O)C(=O)C4(C)C)[C@]3(C)C(=O)C[C@]12C. The third-order valence-electron chi connectivity index (χ3n) is 11.5. The molecule has 0 heterocycles. The molecular weight excluding hydrogens is 512 g/mol. The molecule has 0 aromatic heterocycles. The Hall–Kier alpha value is -2.16. The van der Waals surface area contributed by atoms with Crippen LogP contribution >= 0.6 is 0 Å². The van der Waals surface area contributed by atoms with Crippen LogP contribution in [-0.2, 0) is 23.9 Å². The average molecular weight is 559 g/mol. The van der Waals surface area contributed by atoms with Crippen LogP contribution in [-0.4, -0.2) is 62.0 Å². The first-order chi connectivity index (χ1) is 18.1. The van der Waals surface area contributed by atoms with Gasteiger partial charge in [0.2, 0.25) is 0 Å². The van der Waals surface area contributed by atoms with Gasteiger partial charge in [0.25, 0.3) is 0 Å². The van der Waals surface area contributed by atoms with Gasteiger partial charge in [-0.3, -0.25) is 19.2 Å². The fourth-order valence-corrected chi connectivity index (χ4v) is 9.40. The Bertz CT molecular complexity index is 1210.